The van der Waals surface area contributed by atoms with Crippen LogP contribution in [0.2, 0.25) is 0 Å². The van der Waals surface area contributed by atoms with Crippen LogP contribution in [-0.4, -0.2) is 38.1 Å². The normalized spacial score (nSPS) is 14.9. The Morgan fingerprint density at radius 1 is 0.966 bits per heavy atom. The van der Waals surface area contributed by atoms with Crippen LogP contribution >= 0.6 is 0 Å². The second-order valence-electron chi connectivity index (χ2n) is 7.38. The van der Waals surface area contributed by atoms with Crippen molar-refractivity contribution in [1.29, 1.82) is 0 Å². The van der Waals surface area contributed by atoms with Crippen LogP contribution < -0.4 is 11.1 Å². The molecule has 5 rings (SSSR count). The number of nitrogens with zero attached hydrogens (tertiary/aromatic N) is 4. The molecule has 0 unspecified atom stereocenters. The lowest BCUT2D eigenvalue weighted by Crippen LogP contribution is -2.29. The second kappa shape index (κ2) is 7.52. The molecule has 0 atom stereocenters. The number of benzene rings is 1. The summed E-state index contributed by atoms with van der Waals surface area (Å²) < 4.78 is 2.08. The van der Waals surface area contributed by atoms with E-state index in [4.69, 9.17) is 5.73 Å². The topological polar surface area (TPSA) is 97.4 Å². The van der Waals surface area contributed by atoms with Crippen molar-refractivity contribution < 1.29 is 0 Å². The lowest BCUT2D eigenvalue weighted by Gasteiger charge is -2.22. The molecule has 0 radical (unpaired) electrons. The number of pyridine rings is 1. The van der Waals surface area contributed by atoms with Gasteiger partial charge < -0.3 is 11.1 Å². The van der Waals surface area contributed by atoms with Gasteiger partial charge in [0.15, 0.2) is 0 Å². The number of nitrogens with two attached hydrogens (primary N) is 1. The molecule has 146 valence electrons. The number of rotatable bonds is 4. The molecule has 0 aliphatic carbocycles. The van der Waals surface area contributed by atoms with Crippen molar-refractivity contribution in [3.8, 4) is 33.6 Å². The molecule has 0 saturated carbocycles. The molecular formula is C22H23N7. The van der Waals surface area contributed by atoms with E-state index in [1.165, 1.54) is 0 Å². The number of nitrogens with one attached hydrogen (secondary N) is 2. The smallest absolute Gasteiger partial charge is 0.132 e. The molecule has 1 fully saturated rings. The summed E-state index contributed by atoms with van der Waals surface area (Å²) in [5.74, 6) is 0.475. The molecule has 1 aliphatic heterocycles. The van der Waals surface area contributed by atoms with Gasteiger partial charge in [0.05, 0.1) is 23.6 Å². The first-order valence-electron chi connectivity index (χ1n) is 9.90. The summed E-state index contributed by atoms with van der Waals surface area (Å²) in [6.45, 7) is 2.08. The molecule has 1 aliphatic rings. The summed E-state index contributed by atoms with van der Waals surface area (Å²) >= 11 is 0. The summed E-state index contributed by atoms with van der Waals surface area (Å²) in [5, 5.41) is 15.5. The molecule has 0 bridgehead atoms. The van der Waals surface area contributed by atoms with Gasteiger partial charge in [-0.2, -0.15) is 10.2 Å². The van der Waals surface area contributed by atoms with Crippen LogP contribution in [0.15, 0.2) is 61.1 Å². The van der Waals surface area contributed by atoms with E-state index in [-0.39, 0.29) is 0 Å². The number of piperidine rings is 1. The van der Waals surface area contributed by atoms with Gasteiger partial charge in [0.2, 0.25) is 0 Å². The third kappa shape index (κ3) is 3.52. The average Bonchev–Trinajstić information content (AvgIpc) is 3.46. The minimum Gasteiger partial charge on any atom is -0.383 e. The number of H-pyrrole nitrogens is 1. The summed E-state index contributed by atoms with van der Waals surface area (Å²) in [7, 11) is 0. The lowest BCUT2D eigenvalue weighted by molar-refractivity contribution is 0.343. The van der Waals surface area contributed by atoms with Crippen molar-refractivity contribution in [2.45, 2.75) is 18.9 Å². The highest BCUT2D eigenvalue weighted by molar-refractivity contribution is 5.79. The Labute approximate surface area is 169 Å². The zero-order chi connectivity index (χ0) is 19.6. The molecule has 29 heavy (non-hydrogen) atoms. The monoisotopic (exact) mass is 385 g/mol. The Morgan fingerprint density at radius 3 is 2.62 bits per heavy atom. The van der Waals surface area contributed by atoms with Crippen LogP contribution in [0.3, 0.4) is 0 Å². The molecular weight excluding hydrogens is 362 g/mol. The van der Waals surface area contributed by atoms with E-state index >= 15 is 0 Å². The number of aromatic nitrogens is 5. The summed E-state index contributed by atoms with van der Waals surface area (Å²) in [5.41, 5.74) is 11.8. The summed E-state index contributed by atoms with van der Waals surface area (Å²) in [6, 6.07) is 14.6. The fourth-order valence-electron chi connectivity index (χ4n) is 3.82. The molecule has 4 heterocycles. The average molecular weight is 385 g/mol. The summed E-state index contributed by atoms with van der Waals surface area (Å²) in [4.78, 5) is 4.42. The third-order valence-corrected chi connectivity index (χ3v) is 5.47. The van der Waals surface area contributed by atoms with Gasteiger partial charge in [-0.25, -0.2) is 4.98 Å². The zero-order valence-corrected chi connectivity index (χ0v) is 16.0. The van der Waals surface area contributed by atoms with Crippen LogP contribution in [0.4, 0.5) is 5.82 Å². The van der Waals surface area contributed by atoms with E-state index in [2.05, 4.69) is 36.5 Å². The van der Waals surface area contributed by atoms with Crippen molar-refractivity contribution in [2.24, 2.45) is 0 Å². The molecule has 3 aromatic heterocycles. The Morgan fingerprint density at radius 2 is 1.79 bits per heavy atom. The molecule has 1 saturated heterocycles. The molecule has 0 spiro atoms. The lowest BCUT2D eigenvalue weighted by atomic mass is 10.1. The highest BCUT2D eigenvalue weighted by Gasteiger charge is 2.17. The van der Waals surface area contributed by atoms with E-state index in [1.807, 2.05) is 48.7 Å². The third-order valence-electron chi connectivity index (χ3n) is 5.47. The maximum atomic E-state index is 6.18. The fourth-order valence-corrected chi connectivity index (χ4v) is 3.82. The largest absolute Gasteiger partial charge is 0.383 e. The first-order chi connectivity index (χ1) is 14.3. The molecule has 7 nitrogen and oxygen atoms in total. The Balaban J connectivity index is 1.45. The molecule has 4 N–H and O–H groups in total. The standard InChI is InChI=1S/C22H23N7/c23-22-19(21-11-20(27-28-21)15-4-2-1-3-5-15)10-16(12-25-22)17-13-26-29(14-17)18-6-8-24-9-7-18/h1-5,10-14,18,24H,6-9H2,(H2,23,25)(H,27,28). The van der Waals surface area contributed by atoms with Gasteiger partial charge in [0, 0.05) is 34.6 Å². The van der Waals surface area contributed by atoms with E-state index < -0.39 is 0 Å². The van der Waals surface area contributed by atoms with E-state index in [9.17, 15) is 0 Å². The minimum absolute atomic E-state index is 0.451. The van der Waals surface area contributed by atoms with E-state index in [0.29, 0.717) is 11.9 Å². The van der Waals surface area contributed by atoms with Gasteiger partial charge in [-0.05, 0) is 38.1 Å². The maximum Gasteiger partial charge on any atom is 0.132 e. The number of nitrogen functional groups attached to an aromatic ring is 1. The molecule has 4 aromatic rings. The van der Waals surface area contributed by atoms with Gasteiger partial charge in [0.25, 0.3) is 0 Å². The quantitative estimate of drug-likeness (QED) is 0.499. The van der Waals surface area contributed by atoms with Gasteiger partial charge in [-0.1, -0.05) is 30.3 Å². The number of hydrogen-bond acceptors (Lipinski definition) is 5. The highest BCUT2D eigenvalue weighted by atomic mass is 15.3. The van der Waals surface area contributed by atoms with E-state index in [1.54, 1.807) is 6.20 Å². The highest BCUT2D eigenvalue weighted by Crippen LogP contribution is 2.31. The number of aromatic amines is 1. The number of hydrogen-bond donors (Lipinski definition) is 3. The molecule has 0 amide bonds. The molecule has 1 aromatic carbocycles. The predicted molar refractivity (Wildman–Crippen MR) is 114 cm³/mol. The van der Waals surface area contributed by atoms with Crippen molar-refractivity contribution in [1.82, 2.24) is 30.3 Å². The molecule has 7 heteroatoms. The predicted octanol–water partition coefficient (Wildman–Crippen LogP) is 3.51. The Kier molecular flexibility index (Phi) is 4.57. The summed E-state index contributed by atoms with van der Waals surface area (Å²) in [6.07, 6.45) is 8.01. The number of anilines is 1. The van der Waals surface area contributed by atoms with Crippen molar-refractivity contribution >= 4 is 5.82 Å². The van der Waals surface area contributed by atoms with Gasteiger partial charge in [-0.3, -0.25) is 9.78 Å². The maximum absolute atomic E-state index is 6.18. The van der Waals surface area contributed by atoms with Crippen LogP contribution in [0.5, 0.6) is 0 Å². The van der Waals surface area contributed by atoms with Crippen LogP contribution in [0.25, 0.3) is 33.6 Å². The van der Waals surface area contributed by atoms with Crippen LogP contribution in [0.1, 0.15) is 18.9 Å². The minimum atomic E-state index is 0.451. The van der Waals surface area contributed by atoms with Crippen LogP contribution in [-0.2, 0) is 0 Å². The van der Waals surface area contributed by atoms with Gasteiger partial charge in [0.1, 0.15) is 5.82 Å². The fraction of sp³-hybridized carbons (Fsp3) is 0.227. The SMILES string of the molecule is Nc1ncc(-c2cnn(C3CCNCC3)c2)cc1-c1cc(-c2ccccc2)n[nH]1. The zero-order valence-electron chi connectivity index (χ0n) is 16.0. The first-order valence-corrected chi connectivity index (χ1v) is 9.90. The van der Waals surface area contributed by atoms with Gasteiger partial charge in [-0.15, -0.1) is 0 Å². The first kappa shape index (κ1) is 17.6. The van der Waals surface area contributed by atoms with Crippen molar-refractivity contribution in [2.75, 3.05) is 18.8 Å². The second-order valence-corrected chi connectivity index (χ2v) is 7.38. The Bertz CT molecular complexity index is 1110. The van der Waals surface area contributed by atoms with Crippen molar-refractivity contribution in [3.63, 3.8) is 0 Å². The van der Waals surface area contributed by atoms with Gasteiger partial charge >= 0.3 is 0 Å². The van der Waals surface area contributed by atoms with Crippen molar-refractivity contribution in [3.05, 3.63) is 61.1 Å². The van der Waals surface area contributed by atoms with Crippen LogP contribution in [0, 0.1) is 0 Å². The Hall–Kier alpha value is -3.45. The van der Waals surface area contributed by atoms with E-state index in [0.717, 1.165) is 59.6 Å².